The lowest BCUT2D eigenvalue weighted by atomic mass is 9.96. The number of aryl methyl sites for hydroxylation is 1. The van der Waals surface area contributed by atoms with E-state index in [0.29, 0.717) is 0 Å². The lowest BCUT2D eigenvalue weighted by molar-refractivity contribution is 0.153. The molecule has 1 N–H and O–H groups in total. The lowest BCUT2D eigenvalue weighted by Crippen LogP contribution is -2.26. The van der Waals surface area contributed by atoms with Crippen LogP contribution in [0.4, 0.5) is 0 Å². The fourth-order valence-electron chi connectivity index (χ4n) is 2.52. The van der Waals surface area contributed by atoms with Crippen LogP contribution in [0.1, 0.15) is 34.8 Å². The zero-order chi connectivity index (χ0) is 14.1. The molecule has 0 saturated carbocycles. The van der Waals surface area contributed by atoms with Gasteiger partial charge in [0.15, 0.2) is 6.10 Å². The molecule has 0 fully saturated rings. The highest BCUT2D eigenvalue weighted by Gasteiger charge is 2.30. The van der Waals surface area contributed by atoms with E-state index in [-0.39, 0.29) is 12.1 Å². The van der Waals surface area contributed by atoms with E-state index in [1.54, 1.807) is 18.4 Å². The van der Waals surface area contributed by atoms with Gasteiger partial charge in [-0.15, -0.1) is 11.3 Å². The maximum atomic E-state index is 6.12. The van der Waals surface area contributed by atoms with Crippen LogP contribution in [0.5, 0.6) is 11.5 Å². The summed E-state index contributed by atoms with van der Waals surface area (Å²) in [5.41, 5.74) is 2.20. The fraction of sp³-hybridized carbons (Fsp3) is 0.400. The van der Waals surface area contributed by atoms with E-state index in [0.717, 1.165) is 34.2 Å². The Bertz CT molecular complexity index is 612. The Kier molecular flexibility index (Phi) is 3.63. The number of hydrogen-bond donors (Lipinski definition) is 1. The van der Waals surface area contributed by atoms with Gasteiger partial charge in [0.25, 0.3) is 0 Å². The third-order valence-corrected chi connectivity index (χ3v) is 4.63. The topological polar surface area (TPSA) is 43.4 Å². The molecule has 2 atom stereocenters. The molecule has 3 rings (SSSR count). The minimum Gasteiger partial charge on any atom is -0.497 e. The van der Waals surface area contributed by atoms with Gasteiger partial charge in [-0.2, -0.15) is 0 Å². The SMILES string of the molecule is CNC1CC(c2nc(C)cs2)Oc2ccc(OC)cc21. The van der Waals surface area contributed by atoms with Crippen LogP contribution >= 0.6 is 11.3 Å². The summed E-state index contributed by atoms with van der Waals surface area (Å²) < 4.78 is 11.4. The molecule has 4 nitrogen and oxygen atoms in total. The van der Waals surface area contributed by atoms with Crippen LogP contribution in [0.15, 0.2) is 23.6 Å². The molecular weight excluding hydrogens is 272 g/mol. The first-order chi connectivity index (χ1) is 9.71. The zero-order valence-corrected chi connectivity index (χ0v) is 12.7. The van der Waals surface area contributed by atoms with Crippen molar-refractivity contribution in [2.24, 2.45) is 0 Å². The van der Waals surface area contributed by atoms with E-state index in [9.17, 15) is 0 Å². The zero-order valence-electron chi connectivity index (χ0n) is 11.8. The van der Waals surface area contributed by atoms with Crippen molar-refractivity contribution >= 4 is 11.3 Å². The van der Waals surface area contributed by atoms with Gasteiger partial charge in [-0.1, -0.05) is 0 Å². The first kappa shape index (κ1) is 13.4. The van der Waals surface area contributed by atoms with Gasteiger partial charge in [-0.05, 0) is 32.2 Å². The van der Waals surface area contributed by atoms with E-state index in [1.165, 1.54) is 0 Å². The van der Waals surface area contributed by atoms with Crippen LogP contribution in [-0.4, -0.2) is 19.1 Å². The molecule has 2 unspecified atom stereocenters. The third-order valence-electron chi connectivity index (χ3n) is 3.57. The highest BCUT2D eigenvalue weighted by Crippen LogP contribution is 2.42. The average Bonchev–Trinajstić information content (AvgIpc) is 2.92. The molecule has 1 aromatic carbocycles. The molecule has 20 heavy (non-hydrogen) atoms. The number of hydrogen-bond acceptors (Lipinski definition) is 5. The molecule has 0 radical (unpaired) electrons. The summed E-state index contributed by atoms with van der Waals surface area (Å²) in [5.74, 6) is 1.77. The Morgan fingerprint density at radius 1 is 1.45 bits per heavy atom. The van der Waals surface area contributed by atoms with Crippen molar-refractivity contribution in [1.29, 1.82) is 0 Å². The quantitative estimate of drug-likeness (QED) is 0.942. The van der Waals surface area contributed by atoms with Crippen LogP contribution in [0, 0.1) is 6.92 Å². The number of thiazole rings is 1. The number of fused-ring (bicyclic) bond motifs is 1. The Balaban J connectivity index is 1.94. The van der Waals surface area contributed by atoms with Gasteiger partial charge in [0.05, 0.1) is 7.11 Å². The van der Waals surface area contributed by atoms with Crippen LogP contribution in [0.2, 0.25) is 0 Å². The van der Waals surface area contributed by atoms with Crippen LogP contribution in [-0.2, 0) is 0 Å². The van der Waals surface area contributed by atoms with Gasteiger partial charge in [-0.3, -0.25) is 0 Å². The van der Waals surface area contributed by atoms with E-state index >= 15 is 0 Å². The summed E-state index contributed by atoms with van der Waals surface area (Å²) in [4.78, 5) is 4.55. The smallest absolute Gasteiger partial charge is 0.152 e. The number of ether oxygens (including phenoxy) is 2. The second-order valence-electron chi connectivity index (χ2n) is 4.91. The molecule has 0 bridgehead atoms. The van der Waals surface area contributed by atoms with Crippen molar-refractivity contribution in [3.05, 3.63) is 39.8 Å². The first-order valence-electron chi connectivity index (χ1n) is 6.65. The van der Waals surface area contributed by atoms with E-state index in [1.807, 2.05) is 32.2 Å². The van der Waals surface area contributed by atoms with Gasteiger partial charge in [0, 0.05) is 29.1 Å². The van der Waals surface area contributed by atoms with E-state index in [4.69, 9.17) is 9.47 Å². The molecule has 2 heterocycles. The maximum Gasteiger partial charge on any atom is 0.152 e. The van der Waals surface area contributed by atoms with Gasteiger partial charge in [0.1, 0.15) is 16.5 Å². The minimum absolute atomic E-state index is 0.0204. The molecule has 1 aliphatic rings. The summed E-state index contributed by atoms with van der Waals surface area (Å²) in [6, 6.07) is 6.20. The summed E-state index contributed by atoms with van der Waals surface area (Å²) in [5, 5.41) is 6.47. The Morgan fingerprint density at radius 3 is 2.95 bits per heavy atom. The molecule has 0 saturated heterocycles. The first-order valence-corrected chi connectivity index (χ1v) is 7.53. The average molecular weight is 290 g/mol. The van der Waals surface area contributed by atoms with Crippen molar-refractivity contribution < 1.29 is 9.47 Å². The predicted molar refractivity (Wildman–Crippen MR) is 79.6 cm³/mol. The molecule has 1 aliphatic heterocycles. The van der Waals surface area contributed by atoms with Crippen molar-refractivity contribution in [3.63, 3.8) is 0 Å². The number of benzene rings is 1. The van der Waals surface area contributed by atoms with Crippen molar-refractivity contribution in [2.45, 2.75) is 25.5 Å². The van der Waals surface area contributed by atoms with Gasteiger partial charge in [0.2, 0.25) is 0 Å². The summed E-state index contributed by atoms with van der Waals surface area (Å²) in [7, 11) is 3.66. The molecule has 1 aromatic heterocycles. The molecular formula is C15H18N2O2S. The normalized spacial score (nSPS) is 21.1. The molecule has 0 spiro atoms. The second-order valence-corrected chi connectivity index (χ2v) is 5.80. The van der Waals surface area contributed by atoms with E-state index in [2.05, 4.69) is 15.7 Å². The van der Waals surface area contributed by atoms with Gasteiger partial charge < -0.3 is 14.8 Å². The largest absolute Gasteiger partial charge is 0.497 e. The number of nitrogens with zero attached hydrogens (tertiary/aromatic N) is 1. The molecule has 5 heteroatoms. The number of methoxy groups -OCH3 is 1. The predicted octanol–water partition coefficient (Wildman–Crippen LogP) is 3.24. The third kappa shape index (κ3) is 2.39. The van der Waals surface area contributed by atoms with Gasteiger partial charge in [-0.25, -0.2) is 4.98 Å². The summed E-state index contributed by atoms with van der Waals surface area (Å²) in [6.07, 6.45) is 0.899. The van der Waals surface area contributed by atoms with Crippen LogP contribution < -0.4 is 14.8 Å². The summed E-state index contributed by atoms with van der Waals surface area (Å²) in [6.45, 7) is 2.01. The van der Waals surface area contributed by atoms with Crippen molar-refractivity contribution in [3.8, 4) is 11.5 Å². The van der Waals surface area contributed by atoms with Crippen molar-refractivity contribution in [2.75, 3.05) is 14.2 Å². The fourth-order valence-corrected chi connectivity index (χ4v) is 3.36. The highest BCUT2D eigenvalue weighted by molar-refractivity contribution is 7.09. The van der Waals surface area contributed by atoms with Crippen LogP contribution in [0.3, 0.4) is 0 Å². The standard InChI is InChI=1S/C15H18N2O2S/c1-9-8-20-15(17-9)14-7-12(16-2)11-6-10(18-3)4-5-13(11)19-14/h4-6,8,12,14,16H,7H2,1-3H3. The number of aromatic nitrogens is 1. The monoisotopic (exact) mass is 290 g/mol. The number of nitrogens with one attached hydrogen (secondary N) is 1. The molecule has 106 valence electrons. The molecule has 2 aromatic rings. The molecule has 0 aliphatic carbocycles. The van der Waals surface area contributed by atoms with Crippen molar-refractivity contribution in [1.82, 2.24) is 10.3 Å². The Labute approximate surface area is 122 Å². The van der Waals surface area contributed by atoms with Gasteiger partial charge >= 0.3 is 0 Å². The minimum atomic E-state index is 0.0204. The maximum absolute atomic E-state index is 6.12. The van der Waals surface area contributed by atoms with Crippen LogP contribution in [0.25, 0.3) is 0 Å². The Hall–Kier alpha value is -1.59. The van der Waals surface area contributed by atoms with E-state index < -0.39 is 0 Å². The highest BCUT2D eigenvalue weighted by atomic mass is 32.1. The second kappa shape index (κ2) is 5.42. The lowest BCUT2D eigenvalue weighted by Gasteiger charge is -2.31. The number of rotatable bonds is 3. The summed E-state index contributed by atoms with van der Waals surface area (Å²) >= 11 is 1.66. The Morgan fingerprint density at radius 2 is 2.30 bits per heavy atom. The molecule has 0 amide bonds.